The van der Waals surface area contributed by atoms with Crippen molar-refractivity contribution in [1.82, 2.24) is 9.97 Å². The van der Waals surface area contributed by atoms with Gasteiger partial charge < -0.3 is 10.6 Å². The molecule has 0 spiro atoms. The zero-order chi connectivity index (χ0) is 16.3. The van der Waals surface area contributed by atoms with Crippen molar-refractivity contribution in [2.24, 2.45) is 0 Å². The van der Waals surface area contributed by atoms with Crippen LogP contribution in [0.15, 0.2) is 30.6 Å². The third-order valence-corrected chi connectivity index (χ3v) is 2.69. The van der Waals surface area contributed by atoms with Crippen molar-refractivity contribution in [1.29, 1.82) is 0 Å². The number of alkyl halides is 3. The molecule has 0 saturated carbocycles. The van der Waals surface area contributed by atoms with Gasteiger partial charge in [-0.1, -0.05) is 6.07 Å². The highest BCUT2D eigenvalue weighted by molar-refractivity contribution is 5.73. The molecule has 1 aromatic carbocycles. The first kappa shape index (κ1) is 15.5. The Kier molecular flexibility index (Phi) is 4.11. The molecule has 0 amide bonds. The molecule has 0 fully saturated rings. The van der Waals surface area contributed by atoms with E-state index in [9.17, 15) is 23.3 Å². The van der Waals surface area contributed by atoms with Crippen molar-refractivity contribution in [2.45, 2.75) is 6.18 Å². The molecule has 1 heterocycles. The summed E-state index contributed by atoms with van der Waals surface area (Å²) in [6, 6.07) is 4.28. The summed E-state index contributed by atoms with van der Waals surface area (Å²) in [6.45, 7) is 0. The summed E-state index contributed by atoms with van der Waals surface area (Å²) >= 11 is 0. The van der Waals surface area contributed by atoms with E-state index in [1.807, 2.05) is 0 Å². The Balaban J connectivity index is 2.42. The molecule has 0 bridgehead atoms. The largest absolute Gasteiger partial charge is 0.416 e. The molecule has 22 heavy (non-hydrogen) atoms. The summed E-state index contributed by atoms with van der Waals surface area (Å²) in [5.41, 5.74) is -1.30. The Morgan fingerprint density at radius 3 is 2.50 bits per heavy atom. The van der Waals surface area contributed by atoms with Gasteiger partial charge in [0.05, 0.1) is 10.5 Å². The second-order valence-electron chi connectivity index (χ2n) is 4.13. The summed E-state index contributed by atoms with van der Waals surface area (Å²) in [6.07, 6.45) is -3.44. The van der Waals surface area contributed by atoms with Crippen LogP contribution in [0, 0.1) is 10.1 Å². The van der Waals surface area contributed by atoms with Crippen molar-refractivity contribution < 1.29 is 18.1 Å². The van der Waals surface area contributed by atoms with Crippen molar-refractivity contribution in [3.05, 3.63) is 46.3 Å². The lowest BCUT2D eigenvalue weighted by Crippen LogP contribution is -2.07. The fraction of sp³-hybridized carbons (Fsp3) is 0.167. The van der Waals surface area contributed by atoms with Crippen LogP contribution in [0.4, 0.5) is 36.2 Å². The van der Waals surface area contributed by atoms with Gasteiger partial charge in [0.2, 0.25) is 11.6 Å². The number of halogens is 3. The van der Waals surface area contributed by atoms with E-state index >= 15 is 0 Å². The third kappa shape index (κ3) is 3.22. The van der Waals surface area contributed by atoms with Crippen molar-refractivity contribution in [3.63, 3.8) is 0 Å². The van der Waals surface area contributed by atoms with Gasteiger partial charge in [-0.05, 0) is 18.2 Å². The molecule has 0 unspecified atom stereocenters. The molecule has 0 aliphatic carbocycles. The molecule has 2 rings (SSSR count). The van der Waals surface area contributed by atoms with Crippen LogP contribution in [0.25, 0.3) is 0 Å². The molecule has 1 aromatic heterocycles. The molecular weight excluding hydrogens is 303 g/mol. The third-order valence-electron chi connectivity index (χ3n) is 2.69. The van der Waals surface area contributed by atoms with Gasteiger partial charge in [-0.2, -0.15) is 13.2 Å². The standard InChI is InChI=1S/C12H10F3N5O2/c1-16-10-9(20(21)22)11(18-6-17-10)19-8-4-2-3-7(5-8)12(13,14)15/h2-6H,1H3,(H2,16,17,18,19). The van der Waals surface area contributed by atoms with E-state index in [-0.39, 0.29) is 17.3 Å². The average Bonchev–Trinajstić information content (AvgIpc) is 2.46. The van der Waals surface area contributed by atoms with Crippen LogP contribution in [0.3, 0.4) is 0 Å². The number of anilines is 3. The minimum atomic E-state index is -4.51. The monoisotopic (exact) mass is 313 g/mol. The van der Waals surface area contributed by atoms with Gasteiger partial charge in [0.25, 0.3) is 0 Å². The SMILES string of the molecule is CNc1ncnc(Nc2cccc(C(F)(F)F)c2)c1[N+](=O)[O-]. The topological polar surface area (TPSA) is 93.0 Å². The van der Waals surface area contributed by atoms with Crippen LogP contribution in [-0.2, 0) is 6.18 Å². The Morgan fingerprint density at radius 2 is 1.91 bits per heavy atom. The molecule has 0 saturated heterocycles. The maximum Gasteiger partial charge on any atom is 0.416 e. The van der Waals surface area contributed by atoms with E-state index in [4.69, 9.17) is 0 Å². The lowest BCUT2D eigenvalue weighted by Gasteiger charge is -2.11. The minimum absolute atomic E-state index is 0.0266. The van der Waals surface area contributed by atoms with Gasteiger partial charge in [-0.3, -0.25) is 10.1 Å². The predicted molar refractivity (Wildman–Crippen MR) is 73.0 cm³/mol. The summed E-state index contributed by atoms with van der Waals surface area (Å²) in [5, 5.41) is 16.1. The molecule has 2 N–H and O–H groups in total. The minimum Gasteiger partial charge on any atom is -0.367 e. The molecule has 10 heteroatoms. The quantitative estimate of drug-likeness (QED) is 0.665. The molecule has 116 valence electrons. The number of benzene rings is 1. The van der Waals surface area contributed by atoms with Crippen LogP contribution in [0.2, 0.25) is 0 Å². The van der Waals surface area contributed by atoms with E-state index in [2.05, 4.69) is 20.6 Å². The summed E-state index contributed by atoms with van der Waals surface area (Å²) in [4.78, 5) is 17.8. The fourth-order valence-corrected chi connectivity index (χ4v) is 1.74. The molecular formula is C12H10F3N5O2. The number of nitro groups is 1. The van der Waals surface area contributed by atoms with Crippen molar-refractivity contribution >= 4 is 23.0 Å². The zero-order valence-electron chi connectivity index (χ0n) is 11.2. The Morgan fingerprint density at radius 1 is 1.23 bits per heavy atom. The number of hydrogen-bond donors (Lipinski definition) is 2. The number of hydrogen-bond acceptors (Lipinski definition) is 6. The first-order valence-electron chi connectivity index (χ1n) is 5.94. The Labute approximate surface area is 122 Å². The normalized spacial score (nSPS) is 11.1. The first-order chi connectivity index (χ1) is 10.3. The fourth-order valence-electron chi connectivity index (χ4n) is 1.74. The summed E-state index contributed by atoms with van der Waals surface area (Å²) in [5.74, 6) is -0.252. The highest BCUT2D eigenvalue weighted by Gasteiger charge is 2.30. The highest BCUT2D eigenvalue weighted by Crippen LogP contribution is 2.34. The Bertz CT molecular complexity index is 705. The van der Waals surface area contributed by atoms with Crippen molar-refractivity contribution in [3.8, 4) is 0 Å². The van der Waals surface area contributed by atoms with Gasteiger partial charge >= 0.3 is 11.9 Å². The van der Waals surface area contributed by atoms with Gasteiger partial charge in [0.15, 0.2) is 0 Å². The van der Waals surface area contributed by atoms with E-state index in [0.717, 1.165) is 18.5 Å². The average molecular weight is 313 g/mol. The van der Waals surface area contributed by atoms with E-state index < -0.39 is 22.4 Å². The summed E-state index contributed by atoms with van der Waals surface area (Å²) < 4.78 is 38.0. The molecule has 0 aliphatic heterocycles. The van der Waals surface area contributed by atoms with Gasteiger partial charge in [-0.25, -0.2) is 9.97 Å². The highest BCUT2D eigenvalue weighted by atomic mass is 19.4. The molecule has 0 atom stereocenters. The zero-order valence-corrected chi connectivity index (χ0v) is 11.2. The lowest BCUT2D eigenvalue weighted by molar-refractivity contribution is -0.383. The second kappa shape index (κ2) is 5.84. The van der Waals surface area contributed by atoms with E-state index in [1.165, 1.54) is 19.2 Å². The van der Waals surface area contributed by atoms with Crippen LogP contribution >= 0.6 is 0 Å². The van der Waals surface area contributed by atoms with Crippen LogP contribution < -0.4 is 10.6 Å². The van der Waals surface area contributed by atoms with Crippen molar-refractivity contribution in [2.75, 3.05) is 17.7 Å². The summed E-state index contributed by atoms with van der Waals surface area (Å²) in [7, 11) is 1.43. The van der Waals surface area contributed by atoms with Gasteiger partial charge in [0, 0.05) is 12.7 Å². The van der Waals surface area contributed by atoms with E-state index in [1.54, 1.807) is 0 Å². The first-order valence-corrected chi connectivity index (χ1v) is 5.94. The van der Waals surface area contributed by atoms with Gasteiger partial charge in [-0.15, -0.1) is 0 Å². The lowest BCUT2D eigenvalue weighted by atomic mass is 10.2. The molecule has 2 aromatic rings. The second-order valence-corrected chi connectivity index (χ2v) is 4.13. The number of nitrogens with one attached hydrogen (secondary N) is 2. The molecule has 0 aliphatic rings. The maximum atomic E-state index is 12.7. The predicted octanol–water partition coefficient (Wildman–Crippen LogP) is 3.19. The number of nitrogens with zero attached hydrogens (tertiary/aromatic N) is 3. The van der Waals surface area contributed by atoms with Gasteiger partial charge in [0.1, 0.15) is 6.33 Å². The number of aromatic nitrogens is 2. The van der Waals surface area contributed by atoms with E-state index in [0.29, 0.717) is 0 Å². The number of rotatable bonds is 4. The van der Waals surface area contributed by atoms with Crippen LogP contribution in [-0.4, -0.2) is 21.9 Å². The Hall–Kier alpha value is -2.91. The van der Waals surface area contributed by atoms with Crippen LogP contribution in [0.5, 0.6) is 0 Å². The van der Waals surface area contributed by atoms with Crippen LogP contribution in [0.1, 0.15) is 5.56 Å². The molecule has 0 radical (unpaired) electrons. The molecule has 7 nitrogen and oxygen atoms in total. The maximum absolute atomic E-state index is 12.7. The smallest absolute Gasteiger partial charge is 0.367 e.